The van der Waals surface area contributed by atoms with Gasteiger partial charge in [0.15, 0.2) is 0 Å². The van der Waals surface area contributed by atoms with Crippen molar-refractivity contribution in [2.24, 2.45) is 0 Å². The summed E-state index contributed by atoms with van der Waals surface area (Å²) in [6.07, 6.45) is 12.5. The molecule has 0 aromatic heterocycles. The van der Waals surface area contributed by atoms with Crippen LogP contribution in [-0.2, 0) is 0 Å². The normalized spacial score (nSPS) is 13.3. The van der Waals surface area contributed by atoms with Crippen molar-refractivity contribution in [2.75, 3.05) is 6.61 Å². The van der Waals surface area contributed by atoms with Gasteiger partial charge in [-0.15, -0.1) is 0 Å². The predicted octanol–water partition coefficient (Wildman–Crippen LogP) is 5.87. The molecule has 0 heterocycles. The molecule has 0 aliphatic carbocycles. The fourth-order valence-electron chi connectivity index (χ4n) is 2.73. The van der Waals surface area contributed by atoms with Crippen LogP contribution >= 0.6 is 0 Å². The van der Waals surface area contributed by atoms with Gasteiger partial charge < -0.3 is 0 Å². The summed E-state index contributed by atoms with van der Waals surface area (Å²) in [5.41, 5.74) is 1.23. The van der Waals surface area contributed by atoms with E-state index >= 15 is 0 Å². The van der Waals surface area contributed by atoms with Crippen LogP contribution in [0.3, 0.4) is 0 Å². The monoisotopic (exact) mass is 388 g/mol. The molecular formula is C18H36OSn. The summed E-state index contributed by atoms with van der Waals surface area (Å²) in [6, 6.07) is 0. The molecule has 0 radical (unpaired) electrons. The Morgan fingerprint density at radius 2 is 1.35 bits per heavy atom. The first-order chi connectivity index (χ1) is 9.64. The molecule has 0 amide bonds. The molecule has 0 saturated carbocycles. The van der Waals surface area contributed by atoms with Crippen molar-refractivity contribution in [2.45, 2.75) is 79.5 Å². The quantitative estimate of drug-likeness (QED) is 0.328. The summed E-state index contributed by atoms with van der Waals surface area (Å²) in [4.78, 5) is 0. The van der Waals surface area contributed by atoms with Crippen LogP contribution in [0.25, 0.3) is 0 Å². The Labute approximate surface area is 131 Å². The Morgan fingerprint density at radius 3 is 1.70 bits per heavy atom. The number of hydrogen-bond donors (Lipinski definition) is 1. The first kappa shape index (κ1) is 20.2. The number of unbranched alkanes of at least 4 members (excludes halogenated alkanes) is 3. The van der Waals surface area contributed by atoms with Gasteiger partial charge in [0.1, 0.15) is 0 Å². The molecule has 0 unspecified atom stereocenters. The van der Waals surface area contributed by atoms with E-state index in [9.17, 15) is 0 Å². The summed E-state index contributed by atoms with van der Waals surface area (Å²) in [7, 11) is 0. The van der Waals surface area contributed by atoms with E-state index in [-0.39, 0.29) is 6.61 Å². The van der Waals surface area contributed by atoms with Gasteiger partial charge in [-0.1, -0.05) is 0 Å². The average molecular weight is 387 g/mol. The number of hydrogen-bond acceptors (Lipinski definition) is 1. The van der Waals surface area contributed by atoms with Crippen molar-refractivity contribution >= 4 is 18.4 Å². The zero-order valence-corrected chi connectivity index (χ0v) is 17.1. The molecule has 118 valence electrons. The van der Waals surface area contributed by atoms with Gasteiger partial charge in [-0.05, 0) is 0 Å². The minimum absolute atomic E-state index is 0.164. The third-order valence-electron chi connectivity index (χ3n) is 4.20. The molecule has 20 heavy (non-hydrogen) atoms. The van der Waals surface area contributed by atoms with Gasteiger partial charge in [0.05, 0.1) is 0 Å². The van der Waals surface area contributed by atoms with E-state index in [1.54, 1.807) is 0 Å². The number of aliphatic hydroxyl groups excluding tert-OH is 1. The SMILES string of the molecule is CCC[CH2][Sn]([CH]=CC(C)=CCO)([CH2]CCC)[CH2]CCC. The molecule has 0 aromatic carbocycles. The molecule has 0 spiro atoms. The van der Waals surface area contributed by atoms with Crippen molar-refractivity contribution in [1.29, 1.82) is 0 Å². The second-order valence-corrected chi connectivity index (χ2v) is 19.1. The van der Waals surface area contributed by atoms with Gasteiger partial charge in [0, 0.05) is 0 Å². The zero-order chi connectivity index (χ0) is 15.3. The topological polar surface area (TPSA) is 20.2 Å². The number of aliphatic hydroxyl groups is 1. The Bertz CT molecular complexity index is 259. The summed E-state index contributed by atoms with van der Waals surface area (Å²) in [5.74, 6) is 0. The van der Waals surface area contributed by atoms with Crippen molar-refractivity contribution in [3.63, 3.8) is 0 Å². The van der Waals surface area contributed by atoms with Gasteiger partial charge in [0.25, 0.3) is 0 Å². The van der Waals surface area contributed by atoms with E-state index in [4.69, 9.17) is 5.11 Å². The molecule has 0 atom stereocenters. The molecule has 0 aliphatic heterocycles. The van der Waals surface area contributed by atoms with E-state index in [1.165, 1.54) is 57.4 Å². The molecular weight excluding hydrogens is 351 g/mol. The Morgan fingerprint density at radius 1 is 0.900 bits per heavy atom. The summed E-state index contributed by atoms with van der Waals surface area (Å²) in [5, 5.41) is 9.00. The molecule has 1 N–H and O–H groups in total. The fourth-order valence-corrected chi connectivity index (χ4v) is 17.1. The van der Waals surface area contributed by atoms with E-state index in [0.29, 0.717) is 0 Å². The molecule has 0 fully saturated rings. The van der Waals surface area contributed by atoms with E-state index in [1.807, 2.05) is 6.08 Å². The third kappa shape index (κ3) is 9.23. The minimum atomic E-state index is -2.09. The van der Waals surface area contributed by atoms with Crippen LogP contribution in [0.4, 0.5) is 0 Å². The molecule has 1 nitrogen and oxygen atoms in total. The van der Waals surface area contributed by atoms with Gasteiger partial charge >= 0.3 is 131 Å². The molecule has 2 heteroatoms. The van der Waals surface area contributed by atoms with Crippen LogP contribution in [0.1, 0.15) is 66.2 Å². The standard InChI is InChI=1S/C6H9O.3C4H9.Sn/c1-3-6(2)4-5-7;3*1-3-4-2;/h1,3-4,7H,5H2,2H3;3*1,3-4H2,2H3;. The van der Waals surface area contributed by atoms with Crippen LogP contribution in [0, 0.1) is 0 Å². The molecule has 0 saturated heterocycles. The second kappa shape index (κ2) is 12.9. The maximum atomic E-state index is 9.00. The average Bonchev–Trinajstić information content (AvgIpc) is 2.46. The number of rotatable bonds is 12. The molecule has 0 bridgehead atoms. The van der Waals surface area contributed by atoms with Gasteiger partial charge in [-0.3, -0.25) is 0 Å². The van der Waals surface area contributed by atoms with Crippen molar-refractivity contribution in [3.05, 3.63) is 21.8 Å². The Kier molecular flexibility index (Phi) is 13.1. The summed E-state index contributed by atoms with van der Waals surface area (Å²) >= 11 is -2.09. The third-order valence-corrected chi connectivity index (χ3v) is 18.2. The summed E-state index contributed by atoms with van der Waals surface area (Å²) < 4.78 is 7.23. The van der Waals surface area contributed by atoms with Crippen molar-refractivity contribution in [1.82, 2.24) is 0 Å². The Hall–Kier alpha value is 0.239. The maximum absolute atomic E-state index is 9.00. The van der Waals surface area contributed by atoms with Crippen LogP contribution in [0.15, 0.2) is 21.8 Å². The van der Waals surface area contributed by atoms with Gasteiger partial charge in [0.2, 0.25) is 0 Å². The van der Waals surface area contributed by atoms with Crippen LogP contribution in [0.5, 0.6) is 0 Å². The van der Waals surface area contributed by atoms with Crippen LogP contribution in [0.2, 0.25) is 13.3 Å². The van der Waals surface area contributed by atoms with Gasteiger partial charge in [-0.2, -0.15) is 0 Å². The van der Waals surface area contributed by atoms with Crippen LogP contribution in [-0.4, -0.2) is 30.1 Å². The predicted molar refractivity (Wildman–Crippen MR) is 94.9 cm³/mol. The van der Waals surface area contributed by atoms with Crippen molar-refractivity contribution < 1.29 is 5.11 Å². The zero-order valence-electron chi connectivity index (χ0n) is 14.3. The first-order valence-corrected chi connectivity index (χ1v) is 16.3. The first-order valence-electron chi connectivity index (χ1n) is 8.61. The summed E-state index contributed by atoms with van der Waals surface area (Å²) in [6.45, 7) is 9.23. The van der Waals surface area contributed by atoms with Crippen LogP contribution < -0.4 is 0 Å². The second-order valence-electron chi connectivity index (χ2n) is 6.14. The molecule has 0 aromatic rings. The van der Waals surface area contributed by atoms with E-state index < -0.39 is 18.4 Å². The number of allylic oxidation sites excluding steroid dienone is 2. The fraction of sp³-hybridized carbons (Fsp3) is 0.778. The Balaban J connectivity index is 4.96. The van der Waals surface area contributed by atoms with E-state index in [2.05, 4.69) is 37.9 Å². The van der Waals surface area contributed by atoms with Crippen molar-refractivity contribution in [3.8, 4) is 0 Å². The molecule has 0 aliphatic rings. The van der Waals surface area contributed by atoms with E-state index in [0.717, 1.165) is 0 Å². The molecule has 0 rings (SSSR count). The van der Waals surface area contributed by atoms with Gasteiger partial charge in [-0.25, -0.2) is 0 Å².